The highest BCUT2D eigenvalue weighted by Gasteiger charge is 2.14. The number of hydrogen-bond donors (Lipinski definition) is 1. The average molecular weight is 306 g/mol. The van der Waals surface area contributed by atoms with E-state index in [9.17, 15) is 0 Å². The van der Waals surface area contributed by atoms with E-state index >= 15 is 0 Å². The van der Waals surface area contributed by atoms with Crippen LogP contribution < -0.4 is 5.32 Å². The minimum Gasteiger partial charge on any atom is -0.311 e. The van der Waals surface area contributed by atoms with E-state index in [0.717, 1.165) is 43.0 Å². The summed E-state index contributed by atoms with van der Waals surface area (Å²) >= 11 is 0. The van der Waals surface area contributed by atoms with Gasteiger partial charge in [-0.15, -0.1) is 0 Å². The highest BCUT2D eigenvalue weighted by molar-refractivity contribution is 5.88. The van der Waals surface area contributed by atoms with Crippen molar-refractivity contribution in [2.75, 3.05) is 6.54 Å². The Balaban J connectivity index is 1.86. The molecule has 3 heterocycles. The fourth-order valence-electron chi connectivity index (χ4n) is 3.60. The second-order valence-electron chi connectivity index (χ2n) is 6.57. The second-order valence-corrected chi connectivity index (χ2v) is 6.57. The van der Waals surface area contributed by atoms with Crippen LogP contribution in [-0.4, -0.2) is 21.3 Å². The fourth-order valence-corrected chi connectivity index (χ4v) is 3.60. The van der Waals surface area contributed by atoms with E-state index in [2.05, 4.69) is 55.0 Å². The number of rotatable bonds is 1. The molecule has 2 aromatic heterocycles. The SMILES string of the molecule is Cc1cc(C)c2c(C)cc(-c3cc4n(n3)CCCNC4)nc2c1. The molecular formula is C19H22N4. The highest BCUT2D eigenvalue weighted by Crippen LogP contribution is 2.27. The van der Waals surface area contributed by atoms with Gasteiger partial charge in [-0.05, 0) is 68.6 Å². The lowest BCUT2D eigenvalue weighted by Gasteiger charge is -2.09. The van der Waals surface area contributed by atoms with Crippen LogP contribution in [0, 0.1) is 20.8 Å². The molecule has 0 unspecified atom stereocenters. The van der Waals surface area contributed by atoms with Gasteiger partial charge in [0, 0.05) is 18.5 Å². The van der Waals surface area contributed by atoms with Gasteiger partial charge in [-0.1, -0.05) is 6.07 Å². The second kappa shape index (κ2) is 5.46. The van der Waals surface area contributed by atoms with Crippen molar-refractivity contribution in [3.8, 4) is 11.4 Å². The maximum atomic E-state index is 4.90. The predicted octanol–water partition coefficient (Wildman–Crippen LogP) is 3.52. The highest BCUT2D eigenvalue weighted by atomic mass is 15.3. The van der Waals surface area contributed by atoms with Gasteiger partial charge >= 0.3 is 0 Å². The zero-order valence-electron chi connectivity index (χ0n) is 14.0. The summed E-state index contributed by atoms with van der Waals surface area (Å²) < 4.78 is 2.12. The zero-order chi connectivity index (χ0) is 16.0. The Bertz CT molecular complexity index is 869. The van der Waals surface area contributed by atoms with E-state index in [4.69, 9.17) is 10.1 Å². The molecule has 4 nitrogen and oxygen atoms in total. The summed E-state index contributed by atoms with van der Waals surface area (Å²) in [6.45, 7) is 9.38. The Morgan fingerprint density at radius 1 is 1.00 bits per heavy atom. The standard InChI is InChI=1S/C19H22N4/c1-12-7-13(2)19-14(3)9-16(21-18(19)8-12)17-10-15-11-20-5-4-6-23(15)22-17/h7-10,20H,4-6,11H2,1-3H3. The van der Waals surface area contributed by atoms with Crippen LogP contribution in [0.3, 0.4) is 0 Å². The van der Waals surface area contributed by atoms with Crippen LogP contribution in [0.2, 0.25) is 0 Å². The van der Waals surface area contributed by atoms with Crippen LogP contribution >= 0.6 is 0 Å². The summed E-state index contributed by atoms with van der Waals surface area (Å²) in [4.78, 5) is 4.90. The molecule has 4 rings (SSSR count). The smallest absolute Gasteiger partial charge is 0.111 e. The van der Waals surface area contributed by atoms with Gasteiger partial charge in [0.2, 0.25) is 0 Å². The molecule has 4 heteroatoms. The summed E-state index contributed by atoms with van der Waals surface area (Å²) in [6.07, 6.45) is 1.12. The number of pyridine rings is 1. The van der Waals surface area contributed by atoms with Crippen LogP contribution in [0.1, 0.15) is 28.8 Å². The Morgan fingerprint density at radius 2 is 1.83 bits per heavy atom. The first kappa shape index (κ1) is 14.4. The average Bonchev–Trinajstić information content (AvgIpc) is 2.77. The summed E-state index contributed by atoms with van der Waals surface area (Å²) in [5.74, 6) is 0. The van der Waals surface area contributed by atoms with Crippen LogP contribution in [0.4, 0.5) is 0 Å². The van der Waals surface area contributed by atoms with Crippen molar-refractivity contribution in [2.24, 2.45) is 0 Å². The normalized spacial score (nSPS) is 14.7. The molecule has 0 bridgehead atoms. The lowest BCUT2D eigenvalue weighted by molar-refractivity contribution is 0.589. The van der Waals surface area contributed by atoms with Crippen molar-refractivity contribution in [2.45, 2.75) is 40.3 Å². The van der Waals surface area contributed by atoms with E-state index in [0.29, 0.717) is 0 Å². The first-order valence-electron chi connectivity index (χ1n) is 8.28. The number of benzene rings is 1. The first-order chi connectivity index (χ1) is 11.1. The molecule has 1 aromatic carbocycles. The lowest BCUT2D eigenvalue weighted by Crippen LogP contribution is -2.11. The van der Waals surface area contributed by atoms with Gasteiger partial charge in [0.05, 0.1) is 16.9 Å². The molecule has 0 spiro atoms. The molecular weight excluding hydrogens is 284 g/mol. The summed E-state index contributed by atoms with van der Waals surface area (Å²) in [6, 6.07) is 8.73. The Labute approximate surface area is 136 Å². The van der Waals surface area contributed by atoms with Crippen LogP contribution in [-0.2, 0) is 13.1 Å². The summed E-state index contributed by atoms with van der Waals surface area (Å²) in [7, 11) is 0. The third kappa shape index (κ3) is 2.53. The molecule has 0 fully saturated rings. The van der Waals surface area contributed by atoms with Gasteiger partial charge in [-0.3, -0.25) is 4.68 Å². The predicted molar refractivity (Wildman–Crippen MR) is 93.5 cm³/mol. The number of fused-ring (bicyclic) bond motifs is 2. The summed E-state index contributed by atoms with van der Waals surface area (Å²) in [5, 5.41) is 9.50. The quantitative estimate of drug-likeness (QED) is 0.748. The molecule has 0 radical (unpaired) electrons. The van der Waals surface area contributed by atoms with Crippen molar-refractivity contribution in [3.63, 3.8) is 0 Å². The summed E-state index contributed by atoms with van der Waals surface area (Å²) in [5.41, 5.74) is 8.08. The van der Waals surface area contributed by atoms with Crippen molar-refractivity contribution < 1.29 is 0 Å². The van der Waals surface area contributed by atoms with Gasteiger partial charge < -0.3 is 5.32 Å². The molecule has 23 heavy (non-hydrogen) atoms. The third-order valence-corrected chi connectivity index (χ3v) is 4.60. The molecule has 0 saturated heterocycles. The molecule has 0 atom stereocenters. The fraction of sp³-hybridized carbons (Fsp3) is 0.368. The van der Waals surface area contributed by atoms with E-state index in [-0.39, 0.29) is 0 Å². The number of hydrogen-bond acceptors (Lipinski definition) is 3. The van der Waals surface area contributed by atoms with Crippen LogP contribution in [0.5, 0.6) is 0 Å². The maximum absolute atomic E-state index is 4.90. The Hall–Kier alpha value is -2.20. The van der Waals surface area contributed by atoms with Gasteiger partial charge in [-0.2, -0.15) is 5.10 Å². The van der Waals surface area contributed by atoms with E-state index in [1.165, 1.54) is 27.8 Å². The maximum Gasteiger partial charge on any atom is 0.111 e. The van der Waals surface area contributed by atoms with Gasteiger partial charge in [-0.25, -0.2) is 4.98 Å². The first-order valence-corrected chi connectivity index (χ1v) is 8.28. The van der Waals surface area contributed by atoms with E-state index < -0.39 is 0 Å². The molecule has 0 saturated carbocycles. The van der Waals surface area contributed by atoms with Crippen molar-refractivity contribution in [3.05, 3.63) is 46.6 Å². The molecule has 1 aliphatic heterocycles. The Kier molecular flexibility index (Phi) is 3.42. The molecule has 1 aliphatic rings. The lowest BCUT2D eigenvalue weighted by atomic mass is 10.0. The molecule has 3 aromatic rings. The minimum atomic E-state index is 0.887. The zero-order valence-corrected chi connectivity index (χ0v) is 14.0. The van der Waals surface area contributed by atoms with Crippen LogP contribution in [0.25, 0.3) is 22.3 Å². The molecule has 0 aliphatic carbocycles. The topological polar surface area (TPSA) is 42.7 Å². The van der Waals surface area contributed by atoms with E-state index in [1.807, 2.05) is 0 Å². The van der Waals surface area contributed by atoms with Gasteiger partial charge in [0.1, 0.15) is 5.69 Å². The number of nitrogens with one attached hydrogen (secondary N) is 1. The monoisotopic (exact) mass is 306 g/mol. The van der Waals surface area contributed by atoms with Crippen LogP contribution in [0.15, 0.2) is 24.3 Å². The molecule has 118 valence electrons. The third-order valence-electron chi connectivity index (χ3n) is 4.60. The van der Waals surface area contributed by atoms with Gasteiger partial charge in [0.15, 0.2) is 0 Å². The number of aromatic nitrogens is 3. The minimum absolute atomic E-state index is 0.887. The number of aryl methyl sites for hydroxylation is 4. The Morgan fingerprint density at radius 3 is 2.70 bits per heavy atom. The van der Waals surface area contributed by atoms with Gasteiger partial charge in [0.25, 0.3) is 0 Å². The van der Waals surface area contributed by atoms with E-state index in [1.54, 1.807) is 0 Å². The molecule has 1 N–H and O–H groups in total. The molecule has 0 amide bonds. The van der Waals surface area contributed by atoms with Crippen molar-refractivity contribution in [1.82, 2.24) is 20.1 Å². The van der Waals surface area contributed by atoms with Crippen molar-refractivity contribution >= 4 is 10.9 Å². The largest absolute Gasteiger partial charge is 0.311 e. The number of nitrogens with zero attached hydrogens (tertiary/aromatic N) is 3. The van der Waals surface area contributed by atoms with Crippen molar-refractivity contribution in [1.29, 1.82) is 0 Å².